The fourth-order valence-electron chi connectivity index (χ4n) is 3.82. The van der Waals surface area contributed by atoms with Gasteiger partial charge in [-0.1, -0.05) is 0 Å². The van der Waals surface area contributed by atoms with Gasteiger partial charge in [-0.05, 0) is 73.2 Å². The minimum atomic E-state index is -0.126. The summed E-state index contributed by atoms with van der Waals surface area (Å²) in [4.78, 5) is 7.02. The molecule has 1 aromatic rings. The van der Waals surface area contributed by atoms with E-state index in [2.05, 4.69) is 57.1 Å². The van der Waals surface area contributed by atoms with Crippen LogP contribution in [0.25, 0.3) is 0 Å². The van der Waals surface area contributed by atoms with Crippen molar-refractivity contribution in [1.29, 1.82) is 0 Å². The molecule has 1 saturated carbocycles. The molecule has 6 heteroatoms. The number of hydrogen-bond acceptors (Lipinski definition) is 5. The fraction of sp³-hybridized carbons (Fsp3) is 0.722. The summed E-state index contributed by atoms with van der Waals surface area (Å²) >= 11 is 3.54. The Balaban J connectivity index is 1.63. The first kappa shape index (κ1) is 18.1. The number of halogens is 1. The van der Waals surface area contributed by atoms with Crippen molar-refractivity contribution in [1.82, 2.24) is 9.88 Å². The van der Waals surface area contributed by atoms with E-state index in [9.17, 15) is 5.11 Å². The molecule has 2 N–H and O–H groups in total. The zero-order valence-corrected chi connectivity index (χ0v) is 16.1. The van der Waals surface area contributed by atoms with Gasteiger partial charge in [0.2, 0.25) is 0 Å². The number of nitrogens with zero attached hydrogens (tertiary/aromatic N) is 2. The average molecular weight is 398 g/mol. The van der Waals surface area contributed by atoms with Crippen molar-refractivity contribution < 1.29 is 9.84 Å². The standard InChI is InChI=1S/C18H28BrN3O2/c1-12-9-22(10-13(2)24-12)11-14-7-17(19)21-18(8-14)20-15-3-5-16(23)6-4-15/h7-8,12-13,15-16,23H,3-6,9-11H2,1-2H3,(H,20,21)/t12-,13+,15?,16?. The highest BCUT2D eigenvalue weighted by atomic mass is 79.9. The number of aliphatic hydroxyl groups excluding tert-OH is 1. The maximum atomic E-state index is 9.64. The Labute approximate surface area is 152 Å². The molecule has 0 amide bonds. The zero-order chi connectivity index (χ0) is 17.1. The molecule has 0 bridgehead atoms. The molecule has 2 atom stereocenters. The van der Waals surface area contributed by atoms with E-state index < -0.39 is 0 Å². The topological polar surface area (TPSA) is 57.6 Å². The van der Waals surface area contributed by atoms with E-state index >= 15 is 0 Å². The van der Waals surface area contributed by atoms with Crippen LogP contribution >= 0.6 is 15.9 Å². The Bertz CT molecular complexity index is 539. The summed E-state index contributed by atoms with van der Waals surface area (Å²) < 4.78 is 6.68. The van der Waals surface area contributed by atoms with Crippen molar-refractivity contribution in [2.24, 2.45) is 0 Å². The lowest BCUT2D eigenvalue weighted by Gasteiger charge is -2.35. The number of aromatic nitrogens is 1. The van der Waals surface area contributed by atoms with Crippen LogP contribution in [0, 0.1) is 0 Å². The number of aliphatic hydroxyl groups is 1. The van der Waals surface area contributed by atoms with E-state index in [1.165, 1.54) is 5.56 Å². The average Bonchev–Trinajstić information content (AvgIpc) is 2.48. The molecule has 1 aliphatic heterocycles. The molecule has 2 fully saturated rings. The lowest BCUT2D eigenvalue weighted by molar-refractivity contribution is -0.0704. The maximum absolute atomic E-state index is 9.64. The lowest BCUT2D eigenvalue weighted by Crippen LogP contribution is -2.44. The monoisotopic (exact) mass is 397 g/mol. The van der Waals surface area contributed by atoms with Crippen molar-refractivity contribution in [3.05, 3.63) is 22.3 Å². The van der Waals surface area contributed by atoms with Crippen LogP contribution in [0.15, 0.2) is 16.7 Å². The summed E-state index contributed by atoms with van der Waals surface area (Å²) in [6, 6.07) is 4.66. The number of hydrogen-bond donors (Lipinski definition) is 2. The van der Waals surface area contributed by atoms with Gasteiger partial charge in [-0.25, -0.2) is 4.98 Å². The van der Waals surface area contributed by atoms with Gasteiger partial charge >= 0.3 is 0 Å². The third-order valence-corrected chi connectivity index (χ3v) is 5.21. The van der Waals surface area contributed by atoms with E-state index in [1.54, 1.807) is 0 Å². The number of ether oxygens (including phenoxy) is 1. The molecule has 5 nitrogen and oxygen atoms in total. The van der Waals surface area contributed by atoms with Crippen molar-refractivity contribution in [2.45, 2.75) is 70.4 Å². The second-order valence-electron chi connectivity index (χ2n) is 7.28. The molecule has 1 aliphatic carbocycles. The highest BCUT2D eigenvalue weighted by molar-refractivity contribution is 9.10. The number of pyridine rings is 1. The van der Waals surface area contributed by atoms with Gasteiger partial charge in [0.05, 0.1) is 18.3 Å². The highest BCUT2D eigenvalue weighted by Gasteiger charge is 2.23. The summed E-state index contributed by atoms with van der Waals surface area (Å²) in [5.74, 6) is 0.926. The Hall–Kier alpha value is -0.690. The number of nitrogens with one attached hydrogen (secondary N) is 1. The number of rotatable bonds is 4. The Kier molecular flexibility index (Phi) is 6.13. The molecule has 2 heterocycles. The second kappa shape index (κ2) is 8.13. The largest absolute Gasteiger partial charge is 0.393 e. The van der Waals surface area contributed by atoms with E-state index in [4.69, 9.17) is 4.74 Å². The number of anilines is 1. The first-order chi connectivity index (χ1) is 11.5. The van der Waals surface area contributed by atoms with Crippen LogP contribution in [0.5, 0.6) is 0 Å². The molecule has 24 heavy (non-hydrogen) atoms. The van der Waals surface area contributed by atoms with Crippen molar-refractivity contribution in [3.63, 3.8) is 0 Å². The molecule has 2 aliphatic rings. The highest BCUT2D eigenvalue weighted by Crippen LogP contribution is 2.24. The first-order valence-corrected chi connectivity index (χ1v) is 9.76. The molecule has 0 aromatic carbocycles. The van der Waals surface area contributed by atoms with Crippen molar-refractivity contribution in [3.8, 4) is 0 Å². The van der Waals surface area contributed by atoms with Crippen LogP contribution in [0.3, 0.4) is 0 Å². The van der Waals surface area contributed by atoms with Crippen LogP contribution in [0.4, 0.5) is 5.82 Å². The summed E-state index contributed by atoms with van der Waals surface area (Å²) in [6.07, 6.45) is 4.20. The van der Waals surface area contributed by atoms with Gasteiger partial charge in [0, 0.05) is 25.7 Å². The fourth-order valence-corrected chi connectivity index (χ4v) is 4.30. The molecule has 3 rings (SSSR count). The second-order valence-corrected chi connectivity index (χ2v) is 8.10. The van der Waals surface area contributed by atoms with Gasteiger partial charge in [0.25, 0.3) is 0 Å². The lowest BCUT2D eigenvalue weighted by atomic mass is 9.93. The van der Waals surface area contributed by atoms with Gasteiger partial charge in [-0.2, -0.15) is 0 Å². The van der Waals surface area contributed by atoms with Crippen LogP contribution in [0.1, 0.15) is 45.1 Å². The number of morpholine rings is 1. The minimum absolute atomic E-state index is 0.126. The summed E-state index contributed by atoms with van der Waals surface area (Å²) in [7, 11) is 0. The normalized spacial score (nSPS) is 31.8. The quantitative estimate of drug-likeness (QED) is 0.764. The van der Waals surface area contributed by atoms with Gasteiger partial charge in [-0.15, -0.1) is 0 Å². The molecule has 134 valence electrons. The molecule has 1 aromatic heterocycles. The van der Waals surface area contributed by atoms with Crippen LogP contribution in [0.2, 0.25) is 0 Å². The van der Waals surface area contributed by atoms with Crippen molar-refractivity contribution in [2.75, 3.05) is 18.4 Å². The predicted molar refractivity (Wildman–Crippen MR) is 99.1 cm³/mol. The maximum Gasteiger partial charge on any atom is 0.127 e. The third kappa shape index (κ3) is 5.15. The molecule has 0 spiro atoms. The molecule has 0 unspecified atom stereocenters. The minimum Gasteiger partial charge on any atom is -0.393 e. The van der Waals surface area contributed by atoms with Crippen molar-refractivity contribution >= 4 is 21.7 Å². The SMILES string of the molecule is C[C@@H]1CN(Cc2cc(Br)nc(NC3CCC(O)CC3)c2)C[C@H](C)O1. The zero-order valence-electron chi connectivity index (χ0n) is 14.5. The van der Waals surface area contributed by atoms with Crippen LogP contribution in [-0.4, -0.2) is 52.4 Å². The predicted octanol–water partition coefficient (Wildman–Crippen LogP) is 3.17. The Morgan fingerprint density at radius 1 is 1.21 bits per heavy atom. The summed E-state index contributed by atoms with van der Waals surface area (Å²) in [5, 5.41) is 13.2. The van der Waals surface area contributed by atoms with Crippen LogP contribution < -0.4 is 5.32 Å². The smallest absolute Gasteiger partial charge is 0.127 e. The Morgan fingerprint density at radius 3 is 2.54 bits per heavy atom. The molecular formula is C18H28BrN3O2. The van der Waals surface area contributed by atoms with Gasteiger partial charge in [0.15, 0.2) is 0 Å². The van der Waals surface area contributed by atoms with E-state index in [0.717, 1.165) is 55.7 Å². The van der Waals surface area contributed by atoms with E-state index in [0.29, 0.717) is 6.04 Å². The summed E-state index contributed by atoms with van der Waals surface area (Å²) in [6.45, 7) is 7.11. The summed E-state index contributed by atoms with van der Waals surface area (Å²) in [5.41, 5.74) is 1.26. The van der Waals surface area contributed by atoms with E-state index in [-0.39, 0.29) is 18.3 Å². The van der Waals surface area contributed by atoms with Gasteiger partial charge in [0.1, 0.15) is 10.4 Å². The Morgan fingerprint density at radius 2 is 1.88 bits per heavy atom. The van der Waals surface area contributed by atoms with Gasteiger partial charge < -0.3 is 15.2 Å². The molecular weight excluding hydrogens is 370 g/mol. The molecule has 1 saturated heterocycles. The molecule has 0 radical (unpaired) electrons. The third-order valence-electron chi connectivity index (χ3n) is 4.80. The van der Waals surface area contributed by atoms with Gasteiger partial charge in [-0.3, -0.25) is 4.90 Å². The van der Waals surface area contributed by atoms with Crippen LogP contribution in [-0.2, 0) is 11.3 Å². The van der Waals surface area contributed by atoms with E-state index in [1.807, 2.05) is 0 Å². The first-order valence-electron chi connectivity index (χ1n) is 8.97.